The lowest BCUT2D eigenvalue weighted by molar-refractivity contribution is -0.756. The Morgan fingerprint density at radius 1 is 1.39 bits per heavy atom. The van der Waals surface area contributed by atoms with Crippen LogP contribution in [-0.2, 0) is 29.5 Å². The minimum absolute atomic E-state index is 0.0640. The highest BCUT2D eigenvalue weighted by molar-refractivity contribution is 7.79. The first-order valence-electron chi connectivity index (χ1n) is 10.3. The van der Waals surface area contributed by atoms with Crippen LogP contribution in [0.3, 0.4) is 0 Å². The molecule has 1 amide bonds. The largest absolute Gasteiger partial charge is 0.346 e. The van der Waals surface area contributed by atoms with E-state index < -0.39 is 11.1 Å². The van der Waals surface area contributed by atoms with Crippen LogP contribution >= 0.6 is 0 Å². The second kappa shape index (κ2) is 9.23. The quantitative estimate of drug-likeness (QED) is 0.320. The Morgan fingerprint density at radius 3 is 2.68 bits per heavy atom. The minimum Gasteiger partial charge on any atom is -0.346 e. The molecular formula is C20H30N7O3S+. The van der Waals surface area contributed by atoms with E-state index >= 15 is 0 Å². The van der Waals surface area contributed by atoms with Gasteiger partial charge in [-0.05, 0) is 25.8 Å². The minimum atomic E-state index is -2.27. The molecule has 0 spiro atoms. The Labute approximate surface area is 184 Å². The molecule has 3 rings (SSSR count). The van der Waals surface area contributed by atoms with Gasteiger partial charge in [-0.2, -0.15) is 5.10 Å². The normalized spacial score (nSPS) is 13.5. The molecule has 0 aliphatic heterocycles. The molecule has 0 aliphatic rings. The van der Waals surface area contributed by atoms with Gasteiger partial charge >= 0.3 is 0 Å². The fourth-order valence-electron chi connectivity index (χ4n) is 3.70. The highest BCUT2D eigenvalue weighted by Crippen LogP contribution is 2.27. The van der Waals surface area contributed by atoms with E-state index in [0.717, 1.165) is 17.8 Å². The van der Waals surface area contributed by atoms with E-state index in [2.05, 4.69) is 10.1 Å². The second-order valence-corrected chi connectivity index (χ2v) is 8.52. The molecule has 3 aromatic rings. The maximum absolute atomic E-state index is 12.3. The van der Waals surface area contributed by atoms with Crippen molar-refractivity contribution in [1.82, 2.24) is 29.2 Å². The average Bonchev–Trinajstić information content (AvgIpc) is 3.29. The molecule has 2 unspecified atom stereocenters. The number of aryl methyl sites for hydroxylation is 2. The van der Waals surface area contributed by atoms with Crippen molar-refractivity contribution in [1.29, 1.82) is 0 Å². The smallest absolute Gasteiger partial charge is 0.290 e. The summed E-state index contributed by atoms with van der Waals surface area (Å²) in [5.74, 6) is 0.708. The zero-order chi connectivity index (χ0) is 22.9. The van der Waals surface area contributed by atoms with Gasteiger partial charge in [-0.3, -0.25) is 18.6 Å². The fraction of sp³-hybridized carbons (Fsp3) is 0.550. The fourth-order valence-corrected chi connectivity index (χ4v) is 4.41. The molecular weight excluding hydrogens is 418 g/mol. The monoisotopic (exact) mass is 448 g/mol. The summed E-state index contributed by atoms with van der Waals surface area (Å²) in [5.41, 5.74) is 2.74. The summed E-state index contributed by atoms with van der Waals surface area (Å²) in [4.78, 5) is 22.7. The van der Waals surface area contributed by atoms with Gasteiger partial charge in [-0.25, -0.2) is 13.8 Å². The third-order valence-corrected chi connectivity index (χ3v) is 6.44. The number of hydrogen-bond donors (Lipinski definition) is 1. The van der Waals surface area contributed by atoms with Gasteiger partial charge in [0.1, 0.15) is 11.9 Å². The Balaban J connectivity index is 2.05. The topological polar surface area (TPSA) is 110 Å². The molecule has 0 radical (unpaired) electrons. The van der Waals surface area contributed by atoms with Crippen molar-refractivity contribution in [2.45, 2.75) is 58.1 Å². The van der Waals surface area contributed by atoms with Gasteiger partial charge in [0.15, 0.2) is 5.52 Å². The predicted octanol–water partition coefficient (Wildman–Crippen LogP) is 1.85. The van der Waals surface area contributed by atoms with Gasteiger partial charge in [0.05, 0.1) is 11.8 Å². The zero-order valence-electron chi connectivity index (χ0n) is 18.9. The molecule has 0 fully saturated rings. The van der Waals surface area contributed by atoms with Crippen molar-refractivity contribution in [3.05, 3.63) is 18.2 Å². The number of amides is 1. The van der Waals surface area contributed by atoms with Crippen LogP contribution in [0.4, 0.5) is 0 Å². The van der Waals surface area contributed by atoms with Crippen LogP contribution in [0.2, 0.25) is 0 Å². The van der Waals surface area contributed by atoms with Crippen LogP contribution in [-0.4, -0.2) is 57.5 Å². The van der Waals surface area contributed by atoms with Crippen LogP contribution in [0.25, 0.3) is 22.6 Å². The van der Waals surface area contributed by atoms with Gasteiger partial charge in [0.25, 0.3) is 17.0 Å². The summed E-state index contributed by atoms with van der Waals surface area (Å²) in [6, 6.07) is -0.148. The van der Waals surface area contributed by atoms with Gasteiger partial charge in [0, 0.05) is 45.7 Å². The number of imidazole rings is 1. The highest BCUT2D eigenvalue weighted by atomic mass is 32.2. The molecule has 0 aliphatic carbocycles. The van der Waals surface area contributed by atoms with Crippen molar-refractivity contribution >= 4 is 28.2 Å². The maximum atomic E-state index is 12.3. The Morgan fingerprint density at radius 2 is 2.10 bits per heavy atom. The molecule has 10 nitrogen and oxygen atoms in total. The predicted molar refractivity (Wildman–Crippen MR) is 117 cm³/mol. The standard InChI is InChI=1S/C20H29N7O3S/c1-7-16(28)24(5)10-9-13(3)26-12-21-19-17(20(26)31(29)30)23-18(25(19)6)15-11-22-27(8-2)14(15)4/h11-13H,7-10H2,1-6H3/p+1. The lowest BCUT2D eigenvalue weighted by Gasteiger charge is -2.19. The first kappa shape index (κ1) is 23.0. The molecule has 0 saturated heterocycles. The van der Waals surface area contributed by atoms with Crippen molar-refractivity contribution in [2.24, 2.45) is 7.05 Å². The van der Waals surface area contributed by atoms with Gasteiger partial charge < -0.3 is 4.90 Å². The summed E-state index contributed by atoms with van der Waals surface area (Å²) in [5, 5.41) is 4.58. The maximum Gasteiger partial charge on any atom is 0.290 e. The molecule has 31 heavy (non-hydrogen) atoms. The molecule has 168 valence electrons. The van der Waals surface area contributed by atoms with Crippen molar-refractivity contribution in [3.8, 4) is 11.4 Å². The van der Waals surface area contributed by atoms with Gasteiger partial charge in [-0.15, -0.1) is 0 Å². The average molecular weight is 449 g/mol. The molecule has 3 heterocycles. The van der Waals surface area contributed by atoms with Crippen LogP contribution in [0.5, 0.6) is 0 Å². The zero-order valence-corrected chi connectivity index (χ0v) is 19.7. The van der Waals surface area contributed by atoms with E-state index in [9.17, 15) is 13.6 Å². The molecule has 3 aromatic heterocycles. The molecule has 0 aromatic carbocycles. The first-order valence-corrected chi connectivity index (χ1v) is 11.5. The lowest BCUT2D eigenvalue weighted by atomic mass is 10.2. The molecule has 1 N–H and O–H groups in total. The van der Waals surface area contributed by atoms with Gasteiger partial charge in [0.2, 0.25) is 17.0 Å². The Kier molecular flexibility index (Phi) is 6.85. The first-order chi connectivity index (χ1) is 14.7. The number of nitrogens with zero attached hydrogens (tertiary/aromatic N) is 7. The summed E-state index contributed by atoms with van der Waals surface area (Å²) in [6.45, 7) is 9.04. The number of hydrogen-bond acceptors (Lipinski definition) is 5. The number of fused-ring (bicyclic) bond motifs is 1. The number of rotatable bonds is 8. The molecule has 0 saturated carbocycles. The van der Waals surface area contributed by atoms with Crippen LogP contribution < -0.4 is 4.57 Å². The summed E-state index contributed by atoms with van der Waals surface area (Å²) < 4.78 is 27.8. The Bertz CT molecular complexity index is 1140. The van der Waals surface area contributed by atoms with E-state index in [4.69, 9.17) is 4.98 Å². The summed E-state index contributed by atoms with van der Waals surface area (Å²) >= 11 is -2.27. The van der Waals surface area contributed by atoms with Crippen LogP contribution in [0, 0.1) is 6.92 Å². The third kappa shape index (κ3) is 4.24. The number of carbonyl (C=O) groups excluding carboxylic acids is 1. The summed E-state index contributed by atoms with van der Waals surface area (Å²) in [7, 11) is 3.60. The van der Waals surface area contributed by atoms with E-state index in [-0.39, 0.29) is 17.0 Å². The van der Waals surface area contributed by atoms with E-state index in [1.807, 2.05) is 44.0 Å². The van der Waals surface area contributed by atoms with Crippen molar-refractivity contribution in [2.75, 3.05) is 13.6 Å². The second-order valence-electron chi connectivity index (χ2n) is 7.64. The van der Waals surface area contributed by atoms with Crippen LogP contribution in [0.1, 0.15) is 45.3 Å². The SMILES string of the molecule is CCC(=O)N(C)CCC(C)[n+]1cnc2c(nc(-c3cnn(CC)c3C)n2C)c1S(=O)O. The van der Waals surface area contributed by atoms with Crippen molar-refractivity contribution < 1.29 is 18.1 Å². The highest BCUT2D eigenvalue weighted by Gasteiger charge is 2.29. The molecule has 0 bridgehead atoms. The third-order valence-electron chi connectivity index (χ3n) is 5.70. The number of aromatic nitrogens is 6. The Hall–Kier alpha value is -2.66. The summed E-state index contributed by atoms with van der Waals surface area (Å²) in [6.07, 6.45) is 4.40. The van der Waals surface area contributed by atoms with Gasteiger partial charge in [-0.1, -0.05) is 6.92 Å². The molecule has 2 atom stereocenters. The molecule has 11 heteroatoms. The van der Waals surface area contributed by atoms with Crippen molar-refractivity contribution in [3.63, 3.8) is 0 Å². The van der Waals surface area contributed by atoms with Crippen LogP contribution in [0.15, 0.2) is 17.6 Å². The lowest BCUT2D eigenvalue weighted by Crippen LogP contribution is -2.44. The van der Waals surface area contributed by atoms with E-state index in [1.54, 1.807) is 29.0 Å². The van der Waals surface area contributed by atoms with E-state index in [1.165, 1.54) is 0 Å². The number of carbonyl (C=O) groups is 1. The van der Waals surface area contributed by atoms with E-state index in [0.29, 0.717) is 36.4 Å².